The van der Waals surface area contributed by atoms with Crippen molar-refractivity contribution in [2.24, 2.45) is 0 Å². The Labute approximate surface area is 57.3 Å². The molecular formula is C3H8NO3PS. The maximum atomic E-state index is 10.6. The normalized spacial score (nSPS) is 16.3. The lowest BCUT2D eigenvalue weighted by Crippen LogP contribution is -2.13. The molecule has 0 aliphatic heterocycles. The predicted octanol–water partition coefficient (Wildman–Crippen LogP) is 0.586. The van der Waals surface area contributed by atoms with Crippen molar-refractivity contribution in [1.82, 2.24) is 5.09 Å². The van der Waals surface area contributed by atoms with Crippen LogP contribution in [-0.4, -0.2) is 17.1 Å². The van der Waals surface area contributed by atoms with Gasteiger partial charge in [0.25, 0.3) is 0 Å². The number of rotatable bonds is 2. The largest absolute Gasteiger partial charge is 0.350 e. The second kappa shape index (κ2) is 3.25. The van der Waals surface area contributed by atoms with Gasteiger partial charge in [0, 0.05) is 6.92 Å². The van der Waals surface area contributed by atoms with E-state index < -0.39 is 12.6 Å². The van der Waals surface area contributed by atoms with Crippen LogP contribution in [-0.2, 0) is 9.36 Å². The van der Waals surface area contributed by atoms with Crippen LogP contribution in [0.2, 0.25) is 0 Å². The molecule has 0 saturated heterocycles. The van der Waals surface area contributed by atoms with E-state index in [-0.39, 0.29) is 0 Å². The van der Waals surface area contributed by atoms with E-state index in [1.165, 1.54) is 13.2 Å². The van der Waals surface area contributed by atoms with Crippen LogP contribution in [0.25, 0.3) is 0 Å². The molecule has 0 bridgehead atoms. The van der Waals surface area contributed by atoms with Gasteiger partial charge in [0.1, 0.15) is 0 Å². The predicted molar refractivity (Wildman–Crippen MR) is 37.2 cm³/mol. The molecule has 0 aliphatic carbocycles. The molecule has 0 aromatic heterocycles. The smallest absolute Gasteiger partial charge is 0.321 e. The molecule has 1 amide bonds. The number of carbonyl (C=O) groups excluding carboxylic acids is 1. The maximum Gasteiger partial charge on any atom is 0.350 e. The number of nitrogens with one attached hydrogen (secondary N) is 1. The summed E-state index contributed by atoms with van der Waals surface area (Å²) in [4.78, 5) is 18.8. The Kier molecular flexibility index (Phi) is 3.25. The SMILES string of the molecule is CSP(=O)(O)NC(C)=O. The first kappa shape index (κ1) is 9.01. The Morgan fingerprint density at radius 3 is 2.33 bits per heavy atom. The minimum absolute atomic E-state index is 0.491. The molecule has 6 heteroatoms. The van der Waals surface area contributed by atoms with Gasteiger partial charge >= 0.3 is 6.72 Å². The zero-order valence-electron chi connectivity index (χ0n) is 5.12. The zero-order chi connectivity index (χ0) is 7.49. The Bertz CT molecular complexity index is 159. The summed E-state index contributed by atoms with van der Waals surface area (Å²) in [5, 5.41) is 1.90. The third-order valence-electron chi connectivity index (χ3n) is 0.546. The van der Waals surface area contributed by atoms with E-state index in [1.807, 2.05) is 5.09 Å². The molecule has 0 aromatic rings. The molecule has 54 valence electrons. The molecule has 0 saturated carbocycles. The minimum Gasteiger partial charge on any atom is -0.321 e. The van der Waals surface area contributed by atoms with E-state index in [1.54, 1.807) is 0 Å². The summed E-state index contributed by atoms with van der Waals surface area (Å²) in [6.45, 7) is -2.22. The fraction of sp³-hybridized carbons (Fsp3) is 0.667. The van der Waals surface area contributed by atoms with E-state index in [2.05, 4.69) is 0 Å². The van der Waals surface area contributed by atoms with Crippen LogP contribution in [0.4, 0.5) is 0 Å². The van der Waals surface area contributed by atoms with E-state index >= 15 is 0 Å². The third-order valence-corrected chi connectivity index (χ3v) is 3.40. The monoisotopic (exact) mass is 169 g/mol. The lowest BCUT2D eigenvalue weighted by molar-refractivity contribution is -0.117. The van der Waals surface area contributed by atoms with Gasteiger partial charge in [-0.3, -0.25) is 14.4 Å². The fourth-order valence-corrected chi connectivity index (χ4v) is 1.39. The first-order valence-corrected chi connectivity index (χ1v) is 5.64. The molecular weight excluding hydrogens is 161 g/mol. The van der Waals surface area contributed by atoms with Gasteiger partial charge in [-0.2, -0.15) is 0 Å². The molecule has 4 nitrogen and oxygen atoms in total. The molecule has 0 aromatic carbocycles. The van der Waals surface area contributed by atoms with Gasteiger partial charge in [-0.15, -0.1) is 0 Å². The lowest BCUT2D eigenvalue weighted by atomic mass is 10.8. The standard InChI is InChI=1S/C3H8NO3PS/c1-3(5)4-8(6,7)9-2/h1-2H3,(H2,4,5,6,7). The second-order valence-corrected chi connectivity index (χ2v) is 5.58. The third kappa shape index (κ3) is 4.51. The van der Waals surface area contributed by atoms with Crippen LogP contribution >= 0.6 is 18.1 Å². The van der Waals surface area contributed by atoms with Crippen LogP contribution in [0.5, 0.6) is 0 Å². The van der Waals surface area contributed by atoms with Gasteiger partial charge in [-0.25, -0.2) is 0 Å². The Morgan fingerprint density at radius 1 is 1.78 bits per heavy atom. The molecule has 0 radical (unpaired) electrons. The highest BCUT2D eigenvalue weighted by Gasteiger charge is 2.15. The van der Waals surface area contributed by atoms with Crippen molar-refractivity contribution in [3.05, 3.63) is 0 Å². The van der Waals surface area contributed by atoms with Crippen molar-refractivity contribution < 1.29 is 14.3 Å². The van der Waals surface area contributed by atoms with E-state index in [4.69, 9.17) is 4.89 Å². The summed E-state index contributed by atoms with van der Waals surface area (Å²) in [5.74, 6) is -0.491. The van der Waals surface area contributed by atoms with Crippen LogP contribution < -0.4 is 5.09 Å². The summed E-state index contributed by atoms with van der Waals surface area (Å²) in [7, 11) is 0. The molecule has 1 atom stereocenters. The summed E-state index contributed by atoms with van der Waals surface area (Å²) < 4.78 is 10.6. The van der Waals surface area contributed by atoms with Gasteiger partial charge in [0.15, 0.2) is 0 Å². The fourth-order valence-electron chi connectivity index (χ4n) is 0.245. The van der Waals surface area contributed by atoms with Crippen LogP contribution in [0.1, 0.15) is 6.92 Å². The van der Waals surface area contributed by atoms with Gasteiger partial charge in [0.2, 0.25) is 5.91 Å². The molecule has 9 heavy (non-hydrogen) atoms. The number of amides is 1. The number of hydrogen-bond acceptors (Lipinski definition) is 3. The van der Waals surface area contributed by atoms with Crippen molar-refractivity contribution in [3.63, 3.8) is 0 Å². The van der Waals surface area contributed by atoms with Gasteiger partial charge < -0.3 is 4.89 Å². The molecule has 0 aliphatic rings. The first-order chi connectivity index (χ1) is 3.98. The summed E-state index contributed by atoms with van der Waals surface area (Å²) >= 11 is 0.735. The Hall–Kier alpha value is 0.0100. The van der Waals surface area contributed by atoms with Crippen LogP contribution in [0.3, 0.4) is 0 Å². The highest BCUT2D eigenvalue weighted by atomic mass is 32.7. The highest BCUT2D eigenvalue weighted by Crippen LogP contribution is 2.48. The van der Waals surface area contributed by atoms with Crippen molar-refractivity contribution >= 4 is 24.0 Å². The Balaban J connectivity index is 3.88. The van der Waals surface area contributed by atoms with Gasteiger partial charge in [0.05, 0.1) is 0 Å². The van der Waals surface area contributed by atoms with Crippen molar-refractivity contribution in [2.75, 3.05) is 6.26 Å². The van der Waals surface area contributed by atoms with Crippen molar-refractivity contribution in [2.45, 2.75) is 6.92 Å². The van der Waals surface area contributed by atoms with E-state index in [0.717, 1.165) is 11.4 Å². The number of carbonyl (C=O) groups is 1. The second-order valence-electron chi connectivity index (χ2n) is 1.37. The Morgan fingerprint density at radius 2 is 2.22 bits per heavy atom. The zero-order valence-corrected chi connectivity index (χ0v) is 6.83. The minimum atomic E-state index is -3.41. The topological polar surface area (TPSA) is 66.4 Å². The van der Waals surface area contributed by atoms with E-state index in [9.17, 15) is 9.36 Å². The molecule has 0 heterocycles. The quantitative estimate of drug-likeness (QED) is 0.593. The van der Waals surface area contributed by atoms with Crippen LogP contribution in [0, 0.1) is 0 Å². The highest BCUT2D eigenvalue weighted by molar-refractivity contribution is 8.55. The first-order valence-electron chi connectivity index (χ1n) is 2.15. The van der Waals surface area contributed by atoms with E-state index in [0.29, 0.717) is 0 Å². The summed E-state index contributed by atoms with van der Waals surface area (Å²) in [6, 6.07) is 0. The molecule has 0 fully saturated rings. The molecule has 1 unspecified atom stereocenters. The molecule has 0 rings (SSSR count). The molecule has 0 spiro atoms. The van der Waals surface area contributed by atoms with Gasteiger partial charge in [-0.1, -0.05) is 11.4 Å². The van der Waals surface area contributed by atoms with Crippen molar-refractivity contribution in [1.29, 1.82) is 0 Å². The molecule has 2 N–H and O–H groups in total. The summed E-state index contributed by atoms with van der Waals surface area (Å²) in [5.41, 5.74) is 0. The average molecular weight is 169 g/mol. The number of hydrogen-bond donors (Lipinski definition) is 2. The lowest BCUT2D eigenvalue weighted by Gasteiger charge is -2.05. The van der Waals surface area contributed by atoms with Crippen LogP contribution in [0.15, 0.2) is 0 Å². The maximum absolute atomic E-state index is 10.6. The summed E-state index contributed by atoms with van der Waals surface area (Å²) in [6.07, 6.45) is 1.46. The van der Waals surface area contributed by atoms with Gasteiger partial charge in [-0.05, 0) is 6.26 Å². The average Bonchev–Trinajstić information content (AvgIpc) is 1.63. The van der Waals surface area contributed by atoms with Crippen molar-refractivity contribution in [3.8, 4) is 0 Å².